The van der Waals surface area contributed by atoms with Gasteiger partial charge in [-0.25, -0.2) is 9.37 Å². The predicted molar refractivity (Wildman–Crippen MR) is 173 cm³/mol. The number of ether oxygens (including phenoxy) is 3. The molecule has 0 unspecified atom stereocenters. The number of rotatable bonds is 14. The van der Waals surface area contributed by atoms with Crippen molar-refractivity contribution in [2.24, 2.45) is 0 Å². The maximum absolute atomic E-state index is 13.9. The first-order valence-corrected chi connectivity index (χ1v) is 15.4. The zero-order chi connectivity index (χ0) is 31.9. The predicted octanol–water partition coefficient (Wildman–Crippen LogP) is 5.96. The number of nitrogens with one attached hydrogen (secondary N) is 1. The molecular formula is C34H42FN4O4S+. The van der Waals surface area contributed by atoms with Gasteiger partial charge in [0.2, 0.25) is 0 Å². The number of quaternary nitrogens is 1. The molecular weight excluding hydrogens is 579 g/mol. The molecule has 0 spiro atoms. The van der Waals surface area contributed by atoms with Crippen molar-refractivity contribution in [1.82, 2.24) is 14.9 Å². The van der Waals surface area contributed by atoms with E-state index in [1.165, 1.54) is 12.1 Å². The molecule has 10 heteroatoms. The Morgan fingerprint density at radius 2 is 1.66 bits per heavy atom. The highest BCUT2D eigenvalue weighted by Crippen LogP contribution is 2.39. The molecule has 0 radical (unpaired) electrons. The van der Waals surface area contributed by atoms with Crippen molar-refractivity contribution in [3.05, 3.63) is 95.6 Å². The van der Waals surface area contributed by atoms with E-state index in [0.29, 0.717) is 41.7 Å². The van der Waals surface area contributed by atoms with Gasteiger partial charge < -0.3 is 24.0 Å². The minimum absolute atomic E-state index is 0.0972. The number of hydrogen-bond acceptors (Lipinski definition) is 6. The van der Waals surface area contributed by atoms with Crippen LogP contribution < -0.4 is 19.5 Å². The van der Waals surface area contributed by atoms with Crippen LogP contribution in [0.25, 0.3) is 5.69 Å². The number of benzene rings is 3. The van der Waals surface area contributed by atoms with Crippen LogP contribution in [0.15, 0.2) is 78.1 Å². The lowest BCUT2D eigenvalue weighted by molar-refractivity contribution is -0.869. The lowest BCUT2D eigenvalue weighted by Crippen LogP contribution is -2.41. The third-order valence-electron chi connectivity index (χ3n) is 7.33. The van der Waals surface area contributed by atoms with Crippen molar-refractivity contribution < 1.29 is 27.9 Å². The van der Waals surface area contributed by atoms with E-state index >= 15 is 0 Å². The standard InChI is InChI=1S/C34H41FN4O4S/c1-34(2,25-10-17-29(41-6)30(22-25)42-7)31-23-37-33(38(31)27-13-11-26(35)12-14-27)44-21-20-43-28-15-8-24(9-16-28)32(40)36-18-19-39(3,4)5/h8-17,22-23H,18-21H2,1-7H3/p+1. The molecule has 0 atom stereocenters. The topological polar surface area (TPSA) is 74.6 Å². The van der Waals surface area contributed by atoms with Crippen molar-refractivity contribution in [3.63, 3.8) is 0 Å². The third kappa shape index (κ3) is 8.12. The number of methoxy groups -OCH3 is 2. The fourth-order valence-electron chi connectivity index (χ4n) is 4.69. The summed E-state index contributed by atoms with van der Waals surface area (Å²) in [5, 5.41) is 3.73. The zero-order valence-electron chi connectivity index (χ0n) is 26.5. The van der Waals surface area contributed by atoms with Gasteiger partial charge in [0.05, 0.1) is 66.9 Å². The van der Waals surface area contributed by atoms with Gasteiger partial charge >= 0.3 is 0 Å². The number of carbonyl (C=O) groups is 1. The molecule has 0 aliphatic heterocycles. The van der Waals surface area contributed by atoms with E-state index in [4.69, 9.17) is 19.2 Å². The van der Waals surface area contributed by atoms with Crippen LogP contribution in [0.4, 0.5) is 4.39 Å². The van der Waals surface area contributed by atoms with Crippen LogP contribution in [0.3, 0.4) is 0 Å². The summed E-state index contributed by atoms with van der Waals surface area (Å²) in [6.07, 6.45) is 1.87. The van der Waals surface area contributed by atoms with Crippen molar-refractivity contribution >= 4 is 17.7 Å². The highest BCUT2D eigenvalue weighted by atomic mass is 32.2. The van der Waals surface area contributed by atoms with Crippen LogP contribution in [0.1, 0.15) is 35.5 Å². The number of amides is 1. The van der Waals surface area contributed by atoms with E-state index in [1.807, 2.05) is 36.5 Å². The van der Waals surface area contributed by atoms with E-state index < -0.39 is 5.41 Å². The number of carbonyl (C=O) groups excluding carboxylic acids is 1. The first-order chi connectivity index (χ1) is 20.9. The maximum atomic E-state index is 13.9. The van der Waals surface area contributed by atoms with E-state index in [1.54, 1.807) is 50.2 Å². The summed E-state index contributed by atoms with van der Waals surface area (Å²) in [5.41, 5.74) is 2.89. The Labute approximate surface area is 263 Å². The van der Waals surface area contributed by atoms with Crippen LogP contribution in [0.5, 0.6) is 17.2 Å². The molecule has 44 heavy (non-hydrogen) atoms. The summed E-state index contributed by atoms with van der Waals surface area (Å²) in [5.74, 6) is 2.22. The Morgan fingerprint density at radius 3 is 2.30 bits per heavy atom. The molecule has 1 aromatic heterocycles. The number of likely N-dealkylation sites (N-methyl/N-ethyl adjacent to an activating group) is 1. The molecule has 1 amide bonds. The van der Waals surface area contributed by atoms with Gasteiger partial charge in [-0.2, -0.15) is 0 Å². The number of halogens is 1. The normalized spacial score (nSPS) is 11.7. The Kier molecular flexibility index (Phi) is 10.6. The lowest BCUT2D eigenvalue weighted by Gasteiger charge is -2.28. The molecule has 0 bridgehead atoms. The summed E-state index contributed by atoms with van der Waals surface area (Å²) < 4.78 is 33.7. The second-order valence-electron chi connectivity index (χ2n) is 11.9. The molecule has 0 aliphatic rings. The van der Waals surface area contributed by atoms with Crippen molar-refractivity contribution in [2.45, 2.75) is 24.4 Å². The number of thioether (sulfide) groups is 1. The first-order valence-electron chi connectivity index (χ1n) is 14.4. The number of nitrogens with zero attached hydrogens (tertiary/aromatic N) is 3. The summed E-state index contributed by atoms with van der Waals surface area (Å²) in [6, 6.07) is 19.5. The Morgan fingerprint density at radius 1 is 0.977 bits per heavy atom. The van der Waals surface area contributed by atoms with E-state index in [2.05, 4.69) is 44.9 Å². The van der Waals surface area contributed by atoms with Gasteiger partial charge in [-0.15, -0.1) is 0 Å². The SMILES string of the molecule is COc1ccc(C(C)(C)c2cnc(SCCOc3ccc(C(=O)NCC[N+](C)(C)C)cc3)n2-c2ccc(F)cc2)cc1OC. The summed E-state index contributed by atoms with van der Waals surface area (Å²) >= 11 is 1.55. The minimum atomic E-state index is -0.476. The Balaban J connectivity index is 1.46. The smallest absolute Gasteiger partial charge is 0.251 e. The molecule has 4 aromatic rings. The van der Waals surface area contributed by atoms with Crippen LogP contribution in [0.2, 0.25) is 0 Å². The molecule has 8 nitrogen and oxygen atoms in total. The molecule has 1 N–H and O–H groups in total. The van der Waals surface area contributed by atoms with Crippen molar-refractivity contribution in [2.75, 3.05) is 60.8 Å². The highest BCUT2D eigenvalue weighted by Gasteiger charge is 2.30. The Hall–Kier alpha value is -4.02. The highest BCUT2D eigenvalue weighted by molar-refractivity contribution is 7.99. The molecule has 0 saturated carbocycles. The average Bonchev–Trinajstić information content (AvgIpc) is 3.43. The molecule has 0 fully saturated rings. The van der Waals surface area contributed by atoms with E-state index in [-0.39, 0.29) is 11.7 Å². The second-order valence-corrected chi connectivity index (χ2v) is 13.0. The zero-order valence-corrected chi connectivity index (χ0v) is 27.3. The van der Waals surface area contributed by atoms with Gasteiger partial charge in [0.25, 0.3) is 5.91 Å². The monoisotopic (exact) mass is 621 g/mol. The molecule has 4 rings (SSSR count). The summed E-state index contributed by atoms with van der Waals surface area (Å²) in [7, 11) is 9.50. The minimum Gasteiger partial charge on any atom is -0.493 e. The fourth-order valence-corrected chi connectivity index (χ4v) is 5.50. The number of imidazole rings is 1. The van der Waals surface area contributed by atoms with Gasteiger partial charge in [0.15, 0.2) is 16.7 Å². The van der Waals surface area contributed by atoms with Crippen molar-refractivity contribution in [1.29, 1.82) is 0 Å². The van der Waals surface area contributed by atoms with Gasteiger partial charge in [-0.05, 0) is 66.2 Å². The number of aromatic nitrogens is 2. The third-order valence-corrected chi connectivity index (χ3v) is 8.24. The molecule has 0 saturated heterocycles. The van der Waals surface area contributed by atoms with Crippen molar-refractivity contribution in [3.8, 4) is 22.9 Å². The van der Waals surface area contributed by atoms with Gasteiger partial charge in [0.1, 0.15) is 11.6 Å². The largest absolute Gasteiger partial charge is 0.493 e. The van der Waals surface area contributed by atoms with Crippen LogP contribution in [-0.4, -0.2) is 80.8 Å². The first kappa shape index (κ1) is 32.9. The van der Waals surface area contributed by atoms with Crippen LogP contribution in [0, 0.1) is 5.82 Å². The van der Waals surface area contributed by atoms with Gasteiger partial charge in [-0.1, -0.05) is 31.7 Å². The average molecular weight is 622 g/mol. The quantitative estimate of drug-likeness (QED) is 0.106. The van der Waals surface area contributed by atoms with Gasteiger partial charge in [0, 0.05) is 22.4 Å². The van der Waals surface area contributed by atoms with Gasteiger partial charge in [-0.3, -0.25) is 9.36 Å². The fraction of sp³-hybridized carbons (Fsp3) is 0.353. The number of hydrogen-bond donors (Lipinski definition) is 1. The second kappa shape index (κ2) is 14.2. The maximum Gasteiger partial charge on any atom is 0.251 e. The molecule has 1 heterocycles. The lowest BCUT2D eigenvalue weighted by atomic mass is 9.81. The van der Waals surface area contributed by atoms with E-state index in [9.17, 15) is 9.18 Å². The summed E-state index contributed by atoms with van der Waals surface area (Å²) in [4.78, 5) is 17.2. The van der Waals surface area contributed by atoms with Crippen LogP contribution in [-0.2, 0) is 5.41 Å². The van der Waals surface area contributed by atoms with E-state index in [0.717, 1.165) is 33.1 Å². The molecule has 234 valence electrons. The van der Waals surface area contributed by atoms with Crippen LogP contribution >= 0.6 is 11.8 Å². The Bertz CT molecular complexity index is 1550. The summed E-state index contributed by atoms with van der Waals surface area (Å²) in [6.45, 7) is 6.13. The molecule has 0 aliphatic carbocycles. The molecule has 3 aromatic carbocycles.